The molecule has 1 aromatic carbocycles. The zero-order valence-corrected chi connectivity index (χ0v) is 15.6. The van der Waals surface area contributed by atoms with Crippen molar-refractivity contribution in [2.45, 2.75) is 6.92 Å². The van der Waals surface area contributed by atoms with E-state index in [9.17, 15) is 4.79 Å². The molecular weight excluding hydrogens is 352 g/mol. The van der Waals surface area contributed by atoms with Crippen molar-refractivity contribution in [1.82, 2.24) is 9.88 Å². The van der Waals surface area contributed by atoms with E-state index in [-0.39, 0.29) is 5.91 Å². The van der Waals surface area contributed by atoms with Gasteiger partial charge in [-0.1, -0.05) is 17.7 Å². The minimum atomic E-state index is -0.209. The van der Waals surface area contributed by atoms with E-state index in [0.717, 1.165) is 50.6 Å². The lowest BCUT2D eigenvalue weighted by Crippen LogP contribution is -2.39. The second-order valence-electron chi connectivity index (χ2n) is 6.26. The van der Waals surface area contributed by atoms with Crippen LogP contribution in [0.5, 0.6) is 0 Å². The molecule has 1 aromatic heterocycles. The molecule has 0 aliphatic carbocycles. The van der Waals surface area contributed by atoms with Gasteiger partial charge in [-0.05, 0) is 30.7 Å². The Morgan fingerprint density at radius 3 is 2.88 bits per heavy atom. The molecule has 1 fully saturated rings. The number of pyridine rings is 1. The van der Waals surface area contributed by atoms with Gasteiger partial charge in [0.2, 0.25) is 0 Å². The lowest BCUT2D eigenvalue weighted by molar-refractivity contribution is 0.0398. The van der Waals surface area contributed by atoms with Crippen molar-refractivity contribution < 1.29 is 9.53 Å². The molecule has 0 spiro atoms. The molecule has 2 N–H and O–H groups in total. The lowest BCUT2D eigenvalue weighted by Gasteiger charge is -2.26. The van der Waals surface area contributed by atoms with E-state index in [2.05, 4.69) is 20.5 Å². The van der Waals surface area contributed by atoms with E-state index in [0.29, 0.717) is 16.3 Å². The number of aromatic nitrogens is 1. The number of amides is 1. The molecule has 0 bridgehead atoms. The smallest absolute Gasteiger partial charge is 0.257 e. The van der Waals surface area contributed by atoms with Crippen LogP contribution in [0, 0.1) is 6.92 Å². The summed E-state index contributed by atoms with van der Waals surface area (Å²) in [7, 11) is 0. The summed E-state index contributed by atoms with van der Waals surface area (Å²) in [5.74, 6) is -0.209. The number of halogens is 1. The van der Waals surface area contributed by atoms with Crippen molar-refractivity contribution in [1.29, 1.82) is 0 Å². The molecule has 0 atom stereocenters. The number of anilines is 2. The van der Waals surface area contributed by atoms with Gasteiger partial charge in [0, 0.05) is 49.3 Å². The van der Waals surface area contributed by atoms with Crippen LogP contribution in [0.15, 0.2) is 36.7 Å². The Bertz CT molecular complexity index is 763. The number of nitrogens with zero attached hydrogens (tertiary/aromatic N) is 2. The molecule has 2 aromatic rings. The molecule has 2 heterocycles. The van der Waals surface area contributed by atoms with Crippen molar-refractivity contribution in [3.05, 3.63) is 52.8 Å². The quantitative estimate of drug-likeness (QED) is 0.813. The second-order valence-corrected chi connectivity index (χ2v) is 6.69. The first-order valence-electron chi connectivity index (χ1n) is 8.68. The van der Waals surface area contributed by atoms with Gasteiger partial charge in [0.25, 0.3) is 5.91 Å². The first-order valence-corrected chi connectivity index (χ1v) is 9.06. The number of ether oxygens (including phenoxy) is 1. The van der Waals surface area contributed by atoms with E-state index in [1.807, 2.05) is 19.1 Å². The molecule has 0 saturated carbocycles. The molecule has 0 unspecified atom stereocenters. The summed E-state index contributed by atoms with van der Waals surface area (Å²) < 4.78 is 5.35. The maximum absolute atomic E-state index is 12.5. The molecular formula is C19H23ClN4O2. The van der Waals surface area contributed by atoms with Crippen LogP contribution in [0.2, 0.25) is 5.02 Å². The van der Waals surface area contributed by atoms with E-state index in [1.165, 1.54) is 0 Å². The number of benzene rings is 1. The molecule has 1 aliphatic rings. The molecule has 138 valence electrons. The predicted molar refractivity (Wildman–Crippen MR) is 104 cm³/mol. The normalized spacial score (nSPS) is 14.8. The molecule has 7 heteroatoms. The number of nitrogens with one attached hydrogen (secondary N) is 2. The Kier molecular flexibility index (Phi) is 6.44. The third kappa shape index (κ3) is 5.17. The zero-order chi connectivity index (χ0) is 18.4. The first-order chi connectivity index (χ1) is 12.6. The molecule has 3 rings (SSSR count). The van der Waals surface area contributed by atoms with Crippen LogP contribution >= 0.6 is 11.6 Å². The van der Waals surface area contributed by atoms with Crippen LogP contribution in [0.1, 0.15) is 15.9 Å². The van der Waals surface area contributed by atoms with Crippen LogP contribution in [-0.4, -0.2) is 55.2 Å². The minimum absolute atomic E-state index is 0.209. The maximum Gasteiger partial charge on any atom is 0.257 e. The molecule has 6 nitrogen and oxygen atoms in total. The highest BCUT2D eigenvalue weighted by Gasteiger charge is 2.11. The van der Waals surface area contributed by atoms with E-state index in [1.54, 1.807) is 24.5 Å². The zero-order valence-electron chi connectivity index (χ0n) is 14.8. The van der Waals surface area contributed by atoms with Crippen molar-refractivity contribution >= 4 is 28.9 Å². The van der Waals surface area contributed by atoms with Crippen molar-refractivity contribution in [2.75, 3.05) is 50.0 Å². The highest BCUT2D eigenvalue weighted by atomic mass is 35.5. The Balaban J connectivity index is 1.57. The van der Waals surface area contributed by atoms with Crippen molar-refractivity contribution in [2.24, 2.45) is 0 Å². The number of rotatable bonds is 6. The topological polar surface area (TPSA) is 66.5 Å². The number of hydrogen-bond donors (Lipinski definition) is 2. The van der Waals surface area contributed by atoms with Gasteiger partial charge >= 0.3 is 0 Å². The van der Waals surface area contributed by atoms with Gasteiger partial charge in [0.15, 0.2) is 0 Å². The van der Waals surface area contributed by atoms with Gasteiger partial charge in [-0.15, -0.1) is 0 Å². The van der Waals surface area contributed by atoms with Crippen LogP contribution < -0.4 is 10.6 Å². The third-order valence-corrected chi connectivity index (χ3v) is 4.54. The van der Waals surface area contributed by atoms with Crippen LogP contribution in [0.3, 0.4) is 0 Å². The average Bonchev–Trinajstić information content (AvgIpc) is 2.66. The van der Waals surface area contributed by atoms with Gasteiger partial charge in [-0.25, -0.2) is 0 Å². The summed E-state index contributed by atoms with van der Waals surface area (Å²) in [5, 5.41) is 6.80. The molecule has 26 heavy (non-hydrogen) atoms. The van der Waals surface area contributed by atoms with Gasteiger partial charge in [-0.3, -0.25) is 14.7 Å². The summed E-state index contributed by atoms with van der Waals surface area (Å²) >= 11 is 6.01. The summed E-state index contributed by atoms with van der Waals surface area (Å²) in [5.41, 5.74) is 2.98. The summed E-state index contributed by atoms with van der Waals surface area (Å²) in [6.45, 7) is 7.15. The monoisotopic (exact) mass is 374 g/mol. The highest BCUT2D eigenvalue weighted by molar-refractivity contribution is 6.31. The molecule has 1 saturated heterocycles. The van der Waals surface area contributed by atoms with E-state index in [4.69, 9.17) is 16.3 Å². The van der Waals surface area contributed by atoms with Crippen molar-refractivity contribution in [3.8, 4) is 0 Å². The SMILES string of the molecule is Cc1ccc(Cl)cc1NC(=O)c1cncc(NCCN2CCOCC2)c1. The Labute approximate surface area is 158 Å². The van der Waals surface area contributed by atoms with Crippen LogP contribution in [-0.2, 0) is 4.74 Å². The summed E-state index contributed by atoms with van der Waals surface area (Å²) in [6, 6.07) is 7.22. The van der Waals surface area contributed by atoms with E-state index >= 15 is 0 Å². The second kappa shape index (κ2) is 8.98. The van der Waals surface area contributed by atoms with Crippen molar-refractivity contribution in [3.63, 3.8) is 0 Å². The van der Waals surface area contributed by atoms with Gasteiger partial charge in [0.1, 0.15) is 0 Å². The number of morpholine rings is 1. The fourth-order valence-electron chi connectivity index (χ4n) is 2.77. The molecule has 0 radical (unpaired) electrons. The largest absolute Gasteiger partial charge is 0.382 e. The number of aryl methyl sites for hydroxylation is 1. The minimum Gasteiger partial charge on any atom is -0.382 e. The lowest BCUT2D eigenvalue weighted by atomic mass is 10.2. The fourth-order valence-corrected chi connectivity index (χ4v) is 2.94. The number of carbonyl (C=O) groups excluding carboxylic acids is 1. The fraction of sp³-hybridized carbons (Fsp3) is 0.368. The Hall–Kier alpha value is -2.15. The van der Waals surface area contributed by atoms with Gasteiger partial charge in [0.05, 0.1) is 24.5 Å². The van der Waals surface area contributed by atoms with Gasteiger partial charge in [-0.2, -0.15) is 0 Å². The third-order valence-electron chi connectivity index (χ3n) is 4.31. The maximum atomic E-state index is 12.5. The van der Waals surface area contributed by atoms with Gasteiger partial charge < -0.3 is 15.4 Å². The first kappa shape index (κ1) is 18.6. The average molecular weight is 375 g/mol. The Morgan fingerprint density at radius 2 is 2.08 bits per heavy atom. The Morgan fingerprint density at radius 1 is 1.27 bits per heavy atom. The highest BCUT2D eigenvalue weighted by Crippen LogP contribution is 2.21. The van der Waals surface area contributed by atoms with E-state index < -0.39 is 0 Å². The predicted octanol–water partition coefficient (Wildman–Crippen LogP) is 3.04. The standard InChI is InChI=1S/C19H23ClN4O2/c1-14-2-3-16(20)11-18(14)23-19(25)15-10-17(13-21-12-15)22-4-5-24-6-8-26-9-7-24/h2-3,10-13,22H,4-9H2,1H3,(H,23,25). The molecule has 1 aliphatic heterocycles. The van der Waals surface area contributed by atoms with Crippen LogP contribution in [0.25, 0.3) is 0 Å². The summed E-state index contributed by atoms with van der Waals surface area (Å²) in [4.78, 5) is 19.0. The molecule has 1 amide bonds. The van der Waals surface area contributed by atoms with Crippen LogP contribution in [0.4, 0.5) is 11.4 Å². The summed E-state index contributed by atoms with van der Waals surface area (Å²) in [6.07, 6.45) is 3.28. The number of carbonyl (C=O) groups is 1. The number of hydrogen-bond acceptors (Lipinski definition) is 5.